The van der Waals surface area contributed by atoms with Gasteiger partial charge in [-0.3, -0.25) is 0 Å². The van der Waals surface area contributed by atoms with E-state index in [1.54, 1.807) is 6.07 Å². The Morgan fingerprint density at radius 1 is 1.75 bits per heavy atom. The summed E-state index contributed by atoms with van der Waals surface area (Å²) in [4.78, 5) is 0. The molecule has 1 aromatic rings. The summed E-state index contributed by atoms with van der Waals surface area (Å²) in [6, 6.07) is 1.68. The van der Waals surface area contributed by atoms with Crippen molar-refractivity contribution < 1.29 is 13.5 Å². The first-order valence-corrected chi connectivity index (χ1v) is 3.02. The van der Waals surface area contributed by atoms with Crippen molar-refractivity contribution in [2.45, 2.75) is 6.61 Å². The van der Waals surface area contributed by atoms with E-state index in [0.717, 1.165) is 10.9 Å². The second-order valence-corrected chi connectivity index (χ2v) is 1.98. The average molecular weight is 173 g/mol. The SMILES string of the molecule is Cn1ncc(C#N)c1OC(F)F. The molecule has 4 nitrogen and oxygen atoms in total. The van der Waals surface area contributed by atoms with Gasteiger partial charge in [-0.05, 0) is 0 Å². The number of nitrogens with zero attached hydrogens (tertiary/aromatic N) is 3. The Bertz CT molecular complexity index is 315. The van der Waals surface area contributed by atoms with Crippen molar-refractivity contribution >= 4 is 0 Å². The highest BCUT2D eigenvalue weighted by Crippen LogP contribution is 2.17. The van der Waals surface area contributed by atoms with Gasteiger partial charge in [-0.15, -0.1) is 0 Å². The quantitative estimate of drug-likeness (QED) is 0.667. The Hall–Kier alpha value is -1.64. The van der Waals surface area contributed by atoms with E-state index in [2.05, 4.69) is 9.84 Å². The van der Waals surface area contributed by atoms with Crippen LogP contribution in [0, 0.1) is 11.3 Å². The van der Waals surface area contributed by atoms with Crippen LogP contribution in [0.25, 0.3) is 0 Å². The third kappa shape index (κ3) is 1.50. The molecule has 1 heterocycles. The van der Waals surface area contributed by atoms with E-state index >= 15 is 0 Å². The van der Waals surface area contributed by atoms with Crippen LogP contribution in [0.5, 0.6) is 5.88 Å². The monoisotopic (exact) mass is 173 g/mol. The standard InChI is InChI=1S/C6H5F2N3O/c1-11-5(12-6(7)8)4(2-9)3-10-11/h3,6H,1H3. The Morgan fingerprint density at radius 3 is 2.92 bits per heavy atom. The van der Waals surface area contributed by atoms with Crippen LogP contribution in [0.15, 0.2) is 6.20 Å². The lowest BCUT2D eigenvalue weighted by atomic mass is 10.4. The first kappa shape index (κ1) is 8.46. The van der Waals surface area contributed by atoms with Crippen molar-refractivity contribution in [1.29, 1.82) is 5.26 Å². The predicted octanol–water partition coefficient (Wildman–Crippen LogP) is 0.893. The lowest BCUT2D eigenvalue weighted by Crippen LogP contribution is -2.07. The van der Waals surface area contributed by atoms with Crippen LogP contribution in [0.3, 0.4) is 0 Å². The Balaban J connectivity index is 2.96. The zero-order chi connectivity index (χ0) is 9.14. The molecule has 0 aliphatic heterocycles. The van der Waals surface area contributed by atoms with Gasteiger partial charge in [0, 0.05) is 7.05 Å². The zero-order valence-corrected chi connectivity index (χ0v) is 6.16. The van der Waals surface area contributed by atoms with Gasteiger partial charge < -0.3 is 4.74 Å². The molecule has 0 fully saturated rings. The number of aromatic nitrogens is 2. The number of nitriles is 1. The minimum atomic E-state index is -2.94. The maximum absolute atomic E-state index is 11.7. The maximum Gasteiger partial charge on any atom is 0.388 e. The van der Waals surface area contributed by atoms with Crippen LogP contribution >= 0.6 is 0 Å². The summed E-state index contributed by atoms with van der Waals surface area (Å²) < 4.78 is 28.6. The van der Waals surface area contributed by atoms with Crippen LogP contribution < -0.4 is 4.74 Å². The minimum absolute atomic E-state index is 0.00204. The molecule has 64 valence electrons. The van der Waals surface area contributed by atoms with E-state index in [-0.39, 0.29) is 11.4 Å². The van der Waals surface area contributed by atoms with Gasteiger partial charge in [-0.2, -0.15) is 19.1 Å². The lowest BCUT2D eigenvalue weighted by molar-refractivity contribution is -0.0555. The highest BCUT2D eigenvalue weighted by atomic mass is 19.3. The molecule has 0 bridgehead atoms. The largest absolute Gasteiger partial charge is 0.416 e. The van der Waals surface area contributed by atoms with Gasteiger partial charge in [0.15, 0.2) is 0 Å². The van der Waals surface area contributed by atoms with Crippen molar-refractivity contribution in [1.82, 2.24) is 9.78 Å². The molecule has 6 heteroatoms. The minimum Gasteiger partial charge on any atom is -0.416 e. The van der Waals surface area contributed by atoms with Gasteiger partial charge in [0.1, 0.15) is 11.6 Å². The summed E-state index contributed by atoms with van der Waals surface area (Å²) in [6.45, 7) is -2.94. The number of alkyl halides is 2. The molecule has 0 aliphatic carbocycles. The van der Waals surface area contributed by atoms with Crippen LogP contribution in [-0.2, 0) is 7.05 Å². The summed E-state index contributed by atoms with van der Waals surface area (Å²) >= 11 is 0. The van der Waals surface area contributed by atoms with Gasteiger partial charge in [-0.1, -0.05) is 0 Å². The summed E-state index contributed by atoms with van der Waals surface area (Å²) in [5, 5.41) is 12.0. The molecule has 12 heavy (non-hydrogen) atoms. The molecular weight excluding hydrogens is 168 g/mol. The van der Waals surface area contributed by atoms with E-state index in [1.807, 2.05) is 0 Å². The summed E-state index contributed by atoms with van der Waals surface area (Å²) in [5.41, 5.74) is -0.00204. The highest BCUT2D eigenvalue weighted by molar-refractivity contribution is 5.36. The van der Waals surface area contributed by atoms with Crippen LogP contribution in [0.2, 0.25) is 0 Å². The molecule has 0 saturated heterocycles. The van der Waals surface area contributed by atoms with Gasteiger partial charge >= 0.3 is 6.61 Å². The Morgan fingerprint density at radius 2 is 2.42 bits per heavy atom. The van der Waals surface area contributed by atoms with Crippen molar-refractivity contribution in [2.75, 3.05) is 0 Å². The fraction of sp³-hybridized carbons (Fsp3) is 0.333. The predicted molar refractivity (Wildman–Crippen MR) is 34.6 cm³/mol. The molecule has 0 saturated carbocycles. The molecule has 0 amide bonds. The van der Waals surface area contributed by atoms with E-state index in [1.165, 1.54) is 7.05 Å². The molecule has 0 radical (unpaired) electrons. The van der Waals surface area contributed by atoms with E-state index < -0.39 is 6.61 Å². The zero-order valence-electron chi connectivity index (χ0n) is 6.16. The van der Waals surface area contributed by atoms with E-state index in [0.29, 0.717) is 0 Å². The topological polar surface area (TPSA) is 50.8 Å². The molecule has 1 rings (SSSR count). The van der Waals surface area contributed by atoms with E-state index in [4.69, 9.17) is 5.26 Å². The number of hydrogen-bond acceptors (Lipinski definition) is 3. The molecular formula is C6H5F2N3O. The molecule has 0 atom stereocenters. The number of aryl methyl sites for hydroxylation is 1. The molecule has 0 aromatic carbocycles. The normalized spacial score (nSPS) is 9.92. The molecule has 0 aliphatic rings. The van der Waals surface area contributed by atoms with Gasteiger partial charge in [-0.25, -0.2) is 4.68 Å². The van der Waals surface area contributed by atoms with Gasteiger partial charge in [0.2, 0.25) is 5.88 Å². The number of halogens is 2. The maximum atomic E-state index is 11.7. The van der Waals surface area contributed by atoms with Crippen LogP contribution in [0.1, 0.15) is 5.56 Å². The van der Waals surface area contributed by atoms with Crippen molar-refractivity contribution in [2.24, 2.45) is 7.05 Å². The van der Waals surface area contributed by atoms with Crippen molar-refractivity contribution in [3.8, 4) is 11.9 Å². The molecule has 1 aromatic heterocycles. The van der Waals surface area contributed by atoms with Crippen LogP contribution in [-0.4, -0.2) is 16.4 Å². The van der Waals surface area contributed by atoms with E-state index in [9.17, 15) is 8.78 Å². The molecule has 0 N–H and O–H groups in total. The number of ether oxygens (including phenoxy) is 1. The second kappa shape index (κ2) is 3.17. The van der Waals surface area contributed by atoms with Crippen LogP contribution in [0.4, 0.5) is 8.78 Å². The molecule has 0 spiro atoms. The fourth-order valence-corrected chi connectivity index (χ4v) is 0.727. The Labute approximate surface area is 67.0 Å². The van der Waals surface area contributed by atoms with Crippen molar-refractivity contribution in [3.63, 3.8) is 0 Å². The first-order valence-electron chi connectivity index (χ1n) is 3.02. The fourth-order valence-electron chi connectivity index (χ4n) is 0.727. The first-order chi connectivity index (χ1) is 5.65. The van der Waals surface area contributed by atoms with Crippen molar-refractivity contribution in [3.05, 3.63) is 11.8 Å². The summed E-state index contributed by atoms with van der Waals surface area (Å²) in [5.74, 6) is -0.215. The Kier molecular flexibility index (Phi) is 2.24. The average Bonchev–Trinajstić information content (AvgIpc) is 2.32. The second-order valence-electron chi connectivity index (χ2n) is 1.98. The highest BCUT2D eigenvalue weighted by Gasteiger charge is 2.13. The third-order valence-electron chi connectivity index (χ3n) is 1.21. The van der Waals surface area contributed by atoms with Gasteiger partial charge in [0.25, 0.3) is 0 Å². The summed E-state index contributed by atoms with van der Waals surface area (Å²) in [6.07, 6.45) is 1.16. The van der Waals surface area contributed by atoms with Gasteiger partial charge in [0.05, 0.1) is 6.20 Å². The summed E-state index contributed by atoms with van der Waals surface area (Å²) in [7, 11) is 1.42. The lowest BCUT2D eigenvalue weighted by Gasteiger charge is -2.03. The third-order valence-corrected chi connectivity index (χ3v) is 1.21. The molecule has 0 unspecified atom stereocenters. The smallest absolute Gasteiger partial charge is 0.388 e. The number of rotatable bonds is 2. The number of hydrogen-bond donors (Lipinski definition) is 0.